The highest BCUT2D eigenvalue weighted by atomic mass is 16.7. The Morgan fingerprint density at radius 1 is 0.821 bits per heavy atom. The third-order valence-electron chi connectivity index (χ3n) is 12.8. The van der Waals surface area contributed by atoms with Crippen LogP contribution in [0.2, 0.25) is 0 Å². The summed E-state index contributed by atoms with van der Waals surface area (Å²) in [7, 11) is 1.29. The van der Waals surface area contributed by atoms with Crippen LogP contribution in [0, 0.1) is 16.0 Å². The Hall–Kier alpha value is -6.52. The normalized spacial score (nSPS) is 30.0. The minimum absolute atomic E-state index is 0.0170. The number of likely N-dealkylation sites (N-methyl/N-ethyl adjacent to an activating group) is 1. The van der Waals surface area contributed by atoms with E-state index in [0.29, 0.717) is 5.56 Å². The first-order valence-electron chi connectivity index (χ1n) is 25.4. The van der Waals surface area contributed by atoms with E-state index in [1.165, 1.54) is 51.2 Å². The van der Waals surface area contributed by atoms with Crippen molar-refractivity contribution in [3.8, 4) is 0 Å². The van der Waals surface area contributed by atoms with E-state index >= 15 is 0 Å². The third-order valence-corrected chi connectivity index (χ3v) is 12.8. The van der Waals surface area contributed by atoms with Crippen molar-refractivity contribution in [1.82, 2.24) is 31.5 Å². The SMILES string of the molecule is C=C(C)OC(=O)N[C@@H]1CC=C(CNC(=O)OCc2ccc([N+](=O)[O-])cc2)O[C@@H]1C1[C@@H](NC(=O)OC(C)(C)C)C[C@@H](NC(=O)C2(O)CC(NC(=O)OC(C)(C)C)C2)[C@H](O[C@H]2OC[C@](C)(O)[C@H](N(C)C(=O)OC(C)(C)C)[C@H]2O)[C@H]1O. The van der Waals surface area contributed by atoms with Crippen molar-refractivity contribution in [2.24, 2.45) is 5.92 Å². The fourth-order valence-corrected chi connectivity index (χ4v) is 9.46. The summed E-state index contributed by atoms with van der Waals surface area (Å²) in [5, 5.41) is 72.7. The molecule has 2 heterocycles. The molecule has 0 bridgehead atoms. The van der Waals surface area contributed by atoms with Crippen LogP contribution in [0.5, 0.6) is 0 Å². The number of hydrogen-bond acceptors (Lipinski definition) is 20. The number of nitrogens with zero attached hydrogens (tertiary/aromatic N) is 2. The smallest absolute Gasteiger partial charge is 0.412 e. The zero-order valence-electron chi connectivity index (χ0n) is 46.1. The molecule has 2 aliphatic heterocycles. The molecule has 0 radical (unpaired) electrons. The predicted molar refractivity (Wildman–Crippen MR) is 273 cm³/mol. The van der Waals surface area contributed by atoms with Crippen molar-refractivity contribution in [3.05, 3.63) is 64.1 Å². The summed E-state index contributed by atoms with van der Waals surface area (Å²) in [5.41, 5.74) is -6.62. The largest absolute Gasteiger partial charge is 0.491 e. The summed E-state index contributed by atoms with van der Waals surface area (Å²) in [6.45, 7) is 19.9. The lowest BCUT2D eigenvalue weighted by atomic mass is 9.71. The average molecular weight is 1110 g/mol. The monoisotopic (exact) mass is 1110 g/mol. The molecule has 27 nitrogen and oxygen atoms in total. The van der Waals surface area contributed by atoms with E-state index in [1.807, 2.05) is 0 Å². The minimum atomic E-state index is -2.10. The number of benzene rings is 1. The van der Waals surface area contributed by atoms with Gasteiger partial charge in [-0.1, -0.05) is 6.58 Å². The number of hydrogen-bond donors (Lipinski definition) is 9. The van der Waals surface area contributed by atoms with E-state index in [9.17, 15) is 59.3 Å². The van der Waals surface area contributed by atoms with Gasteiger partial charge in [0.2, 0.25) is 0 Å². The van der Waals surface area contributed by atoms with Crippen molar-refractivity contribution in [1.29, 1.82) is 0 Å². The number of alkyl carbamates (subject to hydrolysis) is 4. The molecule has 1 saturated heterocycles. The second-order valence-electron chi connectivity index (χ2n) is 23.3. The summed E-state index contributed by atoms with van der Waals surface area (Å²) in [6, 6.07) is -0.623. The summed E-state index contributed by atoms with van der Waals surface area (Å²) in [6.07, 6.45) is -12.7. The molecule has 1 aromatic carbocycles. The van der Waals surface area contributed by atoms with Crippen LogP contribution < -0.4 is 26.6 Å². The van der Waals surface area contributed by atoms with Crippen LogP contribution in [-0.4, -0.2) is 176 Å². The van der Waals surface area contributed by atoms with Crippen molar-refractivity contribution in [3.63, 3.8) is 0 Å². The van der Waals surface area contributed by atoms with Gasteiger partial charge in [0.15, 0.2) is 6.29 Å². The molecule has 5 rings (SSSR count). The molecule has 11 atom stereocenters. The average Bonchev–Trinajstić information content (AvgIpc) is 3.30. The van der Waals surface area contributed by atoms with E-state index in [1.54, 1.807) is 62.3 Å². The molecule has 6 amide bonds. The fraction of sp³-hybridized carbons (Fsp3) is 0.686. The molecule has 3 fully saturated rings. The van der Waals surface area contributed by atoms with Gasteiger partial charge in [-0.25, -0.2) is 24.0 Å². The Kier molecular flexibility index (Phi) is 19.7. The Morgan fingerprint density at radius 3 is 1.96 bits per heavy atom. The predicted octanol–water partition coefficient (Wildman–Crippen LogP) is 3.39. The second kappa shape index (κ2) is 24.7. The second-order valence-corrected chi connectivity index (χ2v) is 23.3. The number of allylic oxidation sites excluding steroid dienone is 1. The first-order chi connectivity index (χ1) is 35.9. The van der Waals surface area contributed by atoms with Crippen LogP contribution in [0.4, 0.5) is 29.7 Å². The van der Waals surface area contributed by atoms with Gasteiger partial charge in [-0.3, -0.25) is 14.9 Å². The van der Waals surface area contributed by atoms with Gasteiger partial charge in [0.1, 0.15) is 58.7 Å². The number of carbonyl (C=O) groups excluding carboxylic acids is 6. The van der Waals surface area contributed by atoms with Gasteiger partial charge >= 0.3 is 30.5 Å². The highest BCUT2D eigenvalue weighted by Gasteiger charge is 2.58. The van der Waals surface area contributed by atoms with Crippen LogP contribution in [0.1, 0.15) is 107 Å². The number of rotatable bonds is 15. The molecule has 1 aromatic rings. The molecule has 9 N–H and O–H groups in total. The number of nitrogens with one attached hydrogen (secondary N) is 5. The molecule has 2 aliphatic carbocycles. The highest BCUT2D eigenvalue weighted by molar-refractivity contribution is 5.87. The van der Waals surface area contributed by atoms with Crippen molar-refractivity contribution < 1.29 is 92.0 Å². The van der Waals surface area contributed by atoms with Gasteiger partial charge in [0.05, 0.1) is 48.1 Å². The summed E-state index contributed by atoms with van der Waals surface area (Å²) >= 11 is 0. The molecule has 0 spiro atoms. The fourth-order valence-electron chi connectivity index (χ4n) is 9.46. The molecule has 0 aromatic heterocycles. The maximum Gasteiger partial charge on any atom is 0.412 e. The number of aliphatic hydroxyl groups excluding tert-OH is 2. The zero-order valence-corrected chi connectivity index (χ0v) is 46.1. The molecule has 2 saturated carbocycles. The van der Waals surface area contributed by atoms with Gasteiger partial charge in [0.25, 0.3) is 11.6 Å². The highest BCUT2D eigenvalue weighted by Crippen LogP contribution is 2.40. The maximum absolute atomic E-state index is 14.3. The maximum atomic E-state index is 14.3. The van der Waals surface area contributed by atoms with Crippen LogP contribution in [0.25, 0.3) is 0 Å². The van der Waals surface area contributed by atoms with Crippen molar-refractivity contribution >= 4 is 42.1 Å². The molecule has 27 heteroatoms. The number of nitro groups is 1. The Labute approximate surface area is 452 Å². The van der Waals surface area contributed by atoms with Gasteiger partial charge in [-0.05, 0) is 113 Å². The summed E-state index contributed by atoms with van der Waals surface area (Å²) < 4.78 is 46.0. The number of non-ortho nitro benzene ring substituents is 1. The molecule has 78 heavy (non-hydrogen) atoms. The minimum Gasteiger partial charge on any atom is -0.491 e. The van der Waals surface area contributed by atoms with Gasteiger partial charge in [0, 0.05) is 50.0 Å². The quantitative estimate of drug-likeness (QED) is 0.0526. The van der Waals surface area contributed by atoms with Crippen LogP contribution >= 0.6 is 0 Å². The lowest BCUT2D eigenvalue weighted by Gasteiger charge is -2.52. The van der Waals surface area contributed by atoms with E-state index in [2.05, 4.69) is 33.2 Å². The standard InChI is InChI=1S/C51H77N7O20/c1-26(2)73-43(63)55-31-19-18-30(23-52-42(62)71-24-27-14-16-29(17-15-27)58(69)70)74-37(31)34-32(56-45(65)77-48(6,7)8)20-33(54-41(61)51(68)21-28(22-51)53-44(64)76-47(3,4)5)38(35(34)59)75-40-36(60)39(50(12,67)25-72-40)57(13)46(66)78-49(9,10)11/h14-18,28,31-40,59-60,67-68H,1,19-25H2,2-13H3,(H,52,62)(H,53,64)(H,54,61)(H,55,63)(H,56,65)/t28?,31-,32+,33-,34?,35+,36-,37+,38+,39-,40-,50+,51?/m1/s1. The Morgan fingerprint density at radius 2 is 1.40 bits per heavy atom. The van der Waals surface area contributed by atoms with E-state index in [4.69, 9.17) is 37.9 Å². The molecular weight excluding hydrogens is 1030 g/mol. The molecule has 1 unspecified atom stereocenters. The van der Waals surface area contributed by atoms with E-state index in [-0.39, 0.29) is 56.0 Å². The molecule has 4 aliphatic rings. The van der Waals surface area contributed by atoms with E-state index in [0.717, 1.165) is 4.90 Å². The van der Waals surface area contributed by atoms with Gasteiger partial charge < -0.3 is 89.8 Å². The van der Waals surface area contributed by atoms with Crippen LogP contribution in [0.3, 0.4) is 0 Å². The number of carbonyl (C=O) groups is 6. The topological polar surface area (TPSA) is 364 Å². The Balaban J connectivity index is 1.52. The lowest BCUT2D eigenvalue weighted by Crippen LogP contribution is -2.72. The molecule has 436 valence electrons. The Bertz CT molecular complexity index is 2390. The third kappa shape index (κ3) is 17.2. The van der Waals surface area contributed by atoms with Crippen LogP contribution in [-0.2, 0) is 49.3 Å². The van der Waals surface area contributed by atoms with Gasteiger partial charge in [-0.2, -0.15) is 0 Å². The van der Waals surface area contributed by atoms with Crippen molar-refractivity contribution in [2.75, 3.05) is 20.2 Å². The lowest BCUT2D eigenvalue weighted by molar-refractivity contribution is -0.384. The van der Waals surface area contributed by atoms with E-state index < -0.39 is 143 Å². The zero-order chi connectivity index (χ0) is 58.5. The first-order valence-corrected chi connectivity index (χ1v) is 25.4. The first kappa shape index (κ1) is 62.3. The van der Waals surface area contributed by atoms with Gasteiger partial charge in [-0.15, -0.1) is 0 Å². The summed E-state index contributed by atoms with van der Waals surface area (Å²) in [5.74, 6) is -2.28. The molecular formula is C51H77N7O20. The number of aliphatic hydroxyl groups is 4. The van der Waals surface area contributed by atoms with Crippen LogP contribution in [0.15, 0.2) is 48.4 Å². The number of ether oxygens (including phenoxy) is 8. The summed E-state index contributed by atoms with van der Waals surface area (Å²) in [4.78, 5) is 91.9. The number of amides is 6. The number of nitro benzene ring substituents is 1. The van der Waals surface area contributed by atoms with Crippen molar-refractivity contribution in [2.45, 2.75) is 197 Å².